The third-order valence-corrected chi connectivity index (χ3v) is 1.85. The summed E-state index contributed by atoms with van der Waals surface area (Å²) in [6.07, 6.45) is 3.90. The molecule has 1 aliphatic carbocycles. The number of halogens is 1. The highest BCUT2D eigenvalue weighted by molar-refractivity contribution is 6.67. The number of hydrogen-bond donors (Lipinski definition) is 0. The maximum atomic E-state index is 10.5. The number of carbonyl (C=O) groups excluding carboxylic acids is 1. The Morgan fingerprint density at radius 3 is 2.78 bits per heavy atom. The molecule has 0 amide bonds. The SMILES string of the molecule is CC1C=C(C(=O)Cl)CC1. The van der Waals surface area contributed by atoms with Gasteiger partial charge in [0.25, 0.3) is 0 Å². The van der Waals surface area contributed by atoms with Gasteiger partial charge < -0.3 is 0 Å². The zero-order valence-electron chi connectivity index (χ0n) is 5.36. The summed E-state index contributed by atoms with van der Waals surface area (Å²) in [6, 6.07) is 0. The number of rotatable bonds is 1. The second kappa shape index (κ2) is 2.53. The standard InChI is InChI=1S/C7H9ClO/c1-5-2-3-6(4-5)7(8)9/h4-5H,2-3H2,1H3. The van der Waals surface area contributed by atoms with E-state index in [1.165, 1.54) is 0 Å². The summed E-state index contributed by atoms with van der Waals surface area (Å²) in [4.78, 5) is 10.5. The first-order valence-corrected chi connectivity index (χ1v) is 3.48. The summed E-state index contributed by atoms with van der Waals surface area (Å²) < 4.78 is 0. The van der Waals surface area contributed by atoms with E-state index in [9.17, 15) is 4.79 Å². The molecule has 0 saturated heterocycles. The van der Waals surface area contributed by atoms with Crippen LogP contribution >= 0.6 is 11.6 Å². The lowest BCUT2D eigenvalue weighted by molar-refractivity contribution is -0.108. The van der Waals surface area contributed by atoms with Crippen LogP contribution in [0.5, 0.6) is 0 Å². The molecule has 0 saturated carbocycles. The Balaban J connectivity index is 2.62. The summed E-state index contributed by atoms with van der Waals surface area (Å²) in [7, 11) is 0. The van der Waals surface area contributed by atoms with Crippen molar-refractivity contribution in [2.75, 3.05) is 0 Å². The van der Waals surface area contributed by atoms with Crippen LogP contribution in [0.4, 0.5) is 0 Å². The van der Waals surface area contributed by atoms with Crippen molar-refractivity contribution in [3.63, 3.8) is 0 Å². The first kappa shape index (κ1) is 6.81. The van der Waals surface area contributed by atoms with E-state index in [2.05, 4.69) is 6.92 Å². The second-order valence-corrected chi connectivity index (χ2v) is 2.82. The minimum atomic E-state index is -0.278. The van der Waals surface area contributed by atoms with Gasteiger partial charge in [-0.25, -0.2) is 0 Å². The summed E-state index contributed by atoms with van der Waals surface area (Å²) in [5.41, 5.74) is 0.796. The summed E-state index contributed by atoms with van der Waals surface area (Å²) >= 11 is 5.24. The van der Waals surface area contributed by atoms with Gasteiger partial charge in [0.1, 0.15) is 0 Å². The fraction of sp³-hybridized carbons (Fsp3) is 0.571. The molecule has 0 fully saturated rings. The Labute approximate surface area is 59.7 Å². The molecule has 0 radical (unpaired) electrons. The molecule has 0 aromatic carbocycles. The van der Waals surface area contributed by atoms with E-state index in [0.717, 1.165) is 18.4 Å². The topological polar surface area (TPSA) is 17.1 Å². The molecular formula is C7H9ClO. The van der Waals surface area contributed by atoms with Gasteiger partial charge in [0, 0.05) is 5.57 Å². The van der Waals surface area contributed by atoms with Crippen LogP contribution in [0.3, 0.4) is 0 Å². The van der Waals surface area contributed by atoms with Crippen molar-refractivity contribution in [3.05, 3.63) is 11.6 Å². The lowest BCUT2D eigenvalue weighted by Gasteiger charge is -1.89. The molecule has 0 spiro atoms. The van der Waals surface area contributed by atoms with Crippen molar-refractivity contribution < 1.29 is 4.79 Å². The van der Waals surface area contributed by atoms with E-state index >= 15 is 0 Å². The Morgan fingerprint density at radius 2 is 2.56 bits per heavy atom. The average Bonchev–Trinajstić information content (AvgIpc) is 2.14. The number of carbonyl (C=O) groups is 1. The van der Waals surface area contributed by atoms with Gasteiger partial charge in [-0.1, -0.05) is 13.0 Å². The van der Waals surface area contributed by atoms with Crippen LogP contribution in [0.1, 0.15) is 19.8 Å². The fourth-order valence-corrected chi connectivity index (χ4v) is 1.21. The van der Waals surface area contributed by atoms with Crippen LogP contribution < -0.4 is 0 Å². The Morgan fingerprint density at radius 1 is 1.89 bits per heavy atom. The molecule has 0 aliphatic heterocycles. The van der Waals surface area contributed by atoms with E-state index < -0.39 is 0 Å². The largest absolute Gasteiger partial charge is 0.276 e. The monoisotopic (exact) mass is 144 g/mol. The lowest BCUT2D eigenvalue weighted by atomic mass is 10.2. The minimum absolute atomic E-state index is 0.278. The highest BCUT2D eigenvalue weighted by atomic mass is 35.5. The third kappa shape index (κ3) is 1.55. The van der Waals surface area contributed by atoms with Crippen molar-refractivity contribution in [2.45, 2.75) is 19.8 Å². The number of hydrogen-bond acceptors (Lipinski definition) is 1. The first-order valence-electron chi connectivity index (χ1n) is 3.10. The molecule has 0 aromatic rings. The van der Waals surface area contributed by atoms with Gasteiger partial charge in [-0.3, -0.25) is 4.79 Å². The molecule has 1 nitrogen and oxygen atoms in total. The predicted molar refractivity (Wildman–Crippen MR) is 37.3 cm³/mol. The molecular weight excluding hydrogens is 136 g/mol. The zero-order valence-corrected chi connectivity index (χ0v) is 6.11. The molecule has 9 heavy (non-hydrogen) atoms. The normalized spacial score (nSPS) is 26.0. The van der Waals surface area contributed by atoms with Crippen molar-refractivity contribution in [1.82, 2.24) is 0 Å². The van der Waals surface area contributed by atoms with Crippen LogP contribution in [0, 0.1) is 5.92 Å². The molecule has 0 N–H and O–H groups in total. The third-order valence-electron chi connectivity index (χ3n) is 1.61. The highest BCUT2D eigenvalue weighted by Gasteiger charge is 2.15. The summed E-state index contributed by atoms with van der Waals surface area (Å²) in [5, 5.41) is -0.278. The molecule has 0 aromatic heterocycles. The maximum Gasteiger partial charge on any atom is 0.248 e. The molecule has 1 atom stereocenters. The van der Waals surface area contributed by atoms with Gasteiger partial charge >= 0.3 is 0 Å². The average molecular weight is 145 g/mol. The van der Waals surface area contributed by atoms with Crippen molar-refractivity contribution >= 4 is 16.8 Å². The molecule has 1 rings (SSSR count). The number of allylic oxidation sites excluding steroid dienone is 2. The molecule has 2 heteroatoms. The van der Waals surface area contributed by atoms with E-state index in [1.807, 2.05) is 6.08 Å². The molecule has 0 heterocycles. The quantitative estimate of drug-likeness (QED) is 0.516. The minimum Gasteiger partial charge on any atom is -0.276 e. The maximum absolute atomic E-state index is 10.5. The molecule has 1 aliphatic rings. The molecule has 0 bridgehead atoms. The van der Waals surface area contributed by atoms with Gasteiger partial charge in [0.05, 0.1) is 0 Å². The van der Waals surface area contributed by atoms with Crippen LogP contribution in [0.25, 0.3) is 0 Å². The first-order chi connectivity index (χ1) is 4.20. The summed E-state index contributed by atoms with van der Waals surface area (Å²) in [5.74, 6) is 0.544. The van der Waals surface area contributed by atoms with E-state index in [1.54, 1.807) is 0 Å². The fourth-order valence-electron chi connectivity index (χ4n) is 1.06. The molecule has 1 unspecified atom stereocenters. The zero-order chi connectivity index (χ0) is 6.85. The Kier molecular flexibility index (Phi) is 1.91. The molecule has 50 valence electrons. The van der Waals surface area contributed by atoms with E-state index in [0.29, 0.717) is 5.92 Å². The second-order valence-electron chi connectivity index (χ2n) is 2.48. The van der Waals surface area contributed by atoms with Crippen LogP contribution in [-0.4, -0.2) is 5.24 Å². The highest BCUT2D eigenvalue weighted by Crippen LogP contribution is 2.24. The van der Waals surface area contributed by atoms with Gasteiger partial charge in [-0.2, -0.15) is 0 Å². The van der Waals surface area contributed by atoms with Gasteiger partial charge in [-0.05, 0) is 30.4 Å². The van der Waals surface area contributed by atoms with Crippen LogP contribution in [0.2, 0.25) is 0 Å². The smallest absolute Gasteiger partial charge is 0.248 e. The Hall–Kier alpha value is -0.300. The van der Waals surface area contributed by atoms with Crippen molar-refractivity contribution in [2.24, 2.45) is 5.92 Å². The summed E-state index contributed by atoms with van der Waals surface area (Å²) in [6.45, 7) is 2.09. The van der Waals surface area contributed by atoms with Crippen molar-refractivity contribution in [3.8, 4) is 0 Å². The van der Waals surface area contributed by atoms with E-state index in [4.69, 9.17) is 11.6 Å². The lowest BCUT2D eigenvalue weighted by Crippen LogP contribution is -1.86. The van der Waals surface area contributed by atoms with Gasteiger partial charge in [-0.15, -0.1) is 0 Å². The van der Waals surface area contributed by atoms with E-state index in [-0.39, 0.29) is 5.24 Å². The van der Waals surface area contributed by atoms with Gasteiger partial charge in [0.2, 0.25) is 5.24 Å². The van der Waals surface area contributed by atoms with Gasteiger partial charge in [0.15, 0.2) is 0 Å². The van der Waals surface area contributed by atoms with Crippen LogP contribution in [0.15, 0.2) is 11.6 Å². The Bertz CT molecular complexity index is 160. The van der Waals surface area contributed by atoms with Crippen LogP contribution in [-0.2, 0) is 4.79 Å². The predicted octanol–water partition coefficient (Wildman–Crippen LogP) is 2.11. The van der Waals surface area contributed by atoms with Crippen molar-refractivity contribution in [1.29, 1.82) is 0 Å².